The predicted molar refractivity (Wildman–Crippen MR) is 115 cm³/mol. The van der Waals surface area contributed by atoms with Gasteiger partial charge in [0, 0.05) is 5.56 Å². The van der Waals surface area contributed by atoms with Crippen molar-refractivity contribution in [2.75, 3.05) is 17.1 Å². The molecule has 0 unspecified atom stereocenters. The van der Waals surface area contributed by atoms with Gasteiger partial charge in [0.2, 0.25) is 0 Å². The standard InChI is InChI=1S/C22H20N2O5S/c1-15(25)16-11-13-17(14-12-16)30(27,28)24-19-8-4-3-7-18(19)22(26)23-20-9-5-6-10-21(20)29-2/h3-14,24H,1-2H3,(H,23,26). The Labute approximate surface area is 174 Å². The van der Waals surface area contributed by atoms with Crippen LogP contribution in [0.15, 0.2) is 77.7 Å². The molecular weight excluding hydrogens is 404 g/mol. The topological polar surface area (TPSA) is 102 Å². The zero-order chi connectivity index (χ0) is 21.7. The van der Waals surface area contributed by atoms with Crippen LogP contribution in [0, 0.1) is 0 Å². The highest BCUT2D eigenvalue weighted by Crippen LogP contribution is 2.26. The molecule has 0 fully saturated rings. The van der Waals surface area contributed by atoms with Gasteiger partial charge in [-0.3, -0.25) is 14.3 Å². The maximum Gasteiger partial charge on any atom is 0.261 e. The molecule has 0 bridgehead atoms. The van der Waals surface area contributed by atoms with E-state index in [1.807, 2.05) is 0 Å². The van der Waals surface area contributed by atoms with E-state index < -0.39 is 15.9 Å². The molecule has 0 heterocycles. The molecular formula is C22H20N2O5S. The molecule has 3 aromatic carbocycles. The van der Waals surface area contributed by atoms with E-state index in [9.17, 15) is 18.0 Å². The second-order valence-corrected chi connectivity index (χ2v) is 8.07. The Balaban J connectivity index is 1.87. The molecule has 0 atom stereocenters. The Hall–Kier alpha value is -3.65. The Kier molecular flexibility index (Phi) is 6.17. The number of sulfonamides is 1. The third-order valence-corrected chi connectivity index (χ3v) is 5.72. The number of para-hydroxylation sites is 3. The molecule has 30 heavy (non-hydrogen) atoms. The number of Topliss-reactive ketones (excluding diaryl/α,β-unsaturated/α-hetero) is 1. The summed E-state index contributed by atoms with van der Waals surface area (Å²) >= 11 is 0. The van der Waals surface area contributed by atoms with Gasteiger partial charge in [0.05, 0.1) is 28.9 Å². The lowest BCUT2D eigenvalue weighted by Gasteiger charge is -2.14. The number of ether oxygens (including phenoxy) is 1. The van der Waals surface area contributed by atoms with Gasteiger partial charge in [-0.05, 0) is 43.3 Å². The molecule has 7 nitrogen and oxygen atoms in total. The minimum Gasteiger partial charge on any atom is -0.495 e. The number of carbonyl (C=O) groups excluding carboxylic acids is 2. The number of hydrogen-bond donors (Lipinski definition) is 2. The van der Waals surface area contributed by atoms with Crippen molar-refractivity contribution < 1.29 is 22.7 Å². The summed E-state index contributed by atoms with van der Waals surface area (Å²) in [5.41, 5.74) is 1.14. The summed E-state index contributed by atoms with van der Waals surface area (Å²) in [6, 6.07) is 18.7. The molecule has 0 saturated carbocycles. The maximum absolute atomic E-state index is 12.8. The largest absolute Gasteiger partial charge is 0.495 e. The first kappa shape index (κ1) is 21.1. The molecule has 0 aliphatic carbocycles. The Morgan fingerprint density at radius 3 is 2.07 bits per heavy atom. The van der Waals surface area contributed by atoms with Crippen LogP contribution in [0.5, 0.6) is 5.75 Å². The van der Waals surface area contributed by atoms with E-state index in [0.717, 1.165) is 0 Å². The minimum atomic E-state index is -3.96. The Morgan fingerprint density at radius 1 is 0.833 bits per heavy atom. The highest BCUT2D eigenvalue weighted by molar-refractivity contribution is 7.92. The Morgan fingerprint density at radius 2 is 1.43 bits per heavy atom. The van der Waals surface area contributed by atoms with Gasteiger partial charge in [-0.15, -0.1) is 0 Å². The zero-order valence-corrected chi connectivity index (χ0v) is 17.2. The predicted octanol–water partition coefficient (Wildman–Crippen LogP) is 3.95. The van der Waals surface area contributed by atoms with Crippen LogP contribution in [-0.4, -0.2) is 27.2 Å². The van der Waals surface area contributed by atoms with Gasteiger partial charge in [0.15, 0.2) is 5.78 Å². The van der Waals surface area contributed by atoms with Crippen LogP contribution in [-0.2, 0) is 10.0 Å². The van der Waals surface area contributed by atoms with E-state index in [4.69, 9.17) is 4.74 Å². The van der Waals surface area contributed by atoms with Gasteiger partial charge in [-0.2, -0.15) is 0 Å². The summed E-state index contributed by atoms with van der Waals surface area (Å²) in [7, 11) is -2.47. The van der Waals surface area contributed by atoms with Gasteiger partial charge >= 0.3 is 0 Å². The van der Waals surface area contributed by atoms with Crippen LogP contribution in [0.4, 0.5) is 11.4 Å². The number of benzene rings is 3. The third-order valence-electron chi connectivity index (χ3n) is 4.34. The fraction of sp³-hybridized carbons (Fsp3) is 0.0909. The molecule has 154 valence electrons. The second kappa shape index (κ2) is 8.79. The number of nitrogens with one attached hydrogen (secondary N) is 2. The number of rotatable bonds is 7. The maximum atomic E-state index is 12.8. The SMILES string of the molecule is COc1ccccc1NC(=O)c1ccccc1NS(=O)(=O)c1ccc(C(C)=O)cc1. The lowest BCUT2D eigenvalue weighted by Crippen LogP contribution is -2.19. The first-order valence-corrected chi connectivity index (χ1v) is 10.5. The van der Waals surface area contributed by atoms with Crippen molar-refractivity contribution >= 4 is 33.1 Å². The summed E-state index contributed by atoms with van der Waals surface area (Å²) < 4.78 is 33.2. The minimum absolute atomic E-state index is 0.0209. The summed E-state index contributed by atoms with van der Waals surface area (Å²) in [4.78, 5) is 24.2. The average molecular weight is 424 g/mol. The van der Waals surface area contributed by atoms with Gasteiger partial charge in [0.25, 0.3) is 15.9 Å². The van der Waals surface area contributed by atoms with E-state index >= 15 is 0 Å². The smallest absolute Gasteiger partial charge is 0.261 e. The van der Waals surface area contributed by atoms with Crippen molar-refractivity contribution in [2.45, 2.75) is 11.8 Å². The van der Waals surface area contributed by atoms with Crippen molar-refractivity contribution in [1.82, 2.24) is 0 Å². The molecule has 3 rings (SSSR count). The third kappa shape index (κ3) is 4.66. The van der Waals surface area contributed by atoms with E-state index in [0.29, 0.717) is 17.0 Å². The van der Waals surface area contributed by atoms with Crippen LogP contribution in [0.3, 0.4) is 0 Å². The molecule has 0 aliphatic heterocycles. The van der Waals surface area contributed by atoms with Crippen LogP contribution in [0.1, 0.15) is 27.6 Å². The van der Waals surface area contributed by atoms with Gasteiger partial charge in [-0.25, -0.2) is 8.42 Å². The van der Waals surface area contributed by atoms with Crippen LogP contribution < -0.4 is 14.8 Å². The number of methoxy groups -OCH3 is 1. The summed E-state index contributed by atoms with van der Waals surface area (Å²) in [6.07, 6.45) is 0. The lowest BCUT2D eigenvalue weighted by molar-refractivity contribution is 0.101. The van der Waals surface area contributed by atoms with Crippen LogP contribution in [0.25, 0.3) is 0 Å². The molecule has 0 saturated heterocycles. The van der Waals surface area contributed by atoms with Crippen LogP contribution >= 0.6 is 0 Å². The normalized spacial score (nSPS) is 10.9. The first-order chi connectivity index (χ1) is 14.3. The number of carbonyl (C=O) groups is 2. The number of anilines is 2. The van der Waals surface area contributed by atoms with Gasteiger partial charge < -0.3 is 10.1 Å². The van der Waals surface area contributed by atoms with Crippen molar-refractivity contribution in [3.05, 3.63) is 83.9 Å². The van der Waals surface area contributed by atoms with E-state index in [2.05, 4.69) is 10.0 Å². The molecule has 1 amide bonds. The van der Waals surface area contributed by atoms with Crippen molar-refractivity contribution in [3.8, 4) is 5.75 Å². The second-order valence-electron chi connectivity index (χ2n) is 6.39. The monoisotopic (exact) mass is 424 g/mol. The van der Waals surface area contributed by atoms with E-state index in [1.165, 1.54) is 50.4 Å². The molecule has 3 aromatic rings. The first-order valence-electron chi connectivity index (χ1n) is 8.99. The number of ketones is 1. The number of amides is 1. The molecule has 0 aromatic heterocycles. The zero-order valence-electron chi connectivity index (χ0n) is 16.4. The van der Waals surface area contributed by atoms with E-state index in [1.54, 1.807) is 36.4 Å². The van der Waals surface area contributed by atoms with Gasteiger partial charge in [0.1, 0.15) is 5.75 Å². The van der Waals surface area contributed by atoms with Crippen molar-refractivity contribution in [3.63, 3.8) is 0 Å². The fourth-order valence-corrected chi connectivity index (χ4v) is 3.86. The summed E-state index contributed by atoms with van der Waals surface area (Å²) in [5.74, 6) is -0.176. The quantitative estimate of drug-likeness (QED) is 0.559. The molecule has 0 radical (unpaired) electrons. The molecule has 0 aliphatic rings. The molecule has 0 spiro atoms. The summed E-state index contributed by atoms with van der Waals surface area (Å²) in [5, 5.41) is 2.73. The molecule has 2 N–H and O–H groups in total. The average Bonchev–Trinajstić information content (AvgIpc) is 2.74. The van der Waals surface area contributed by atoms with Crippen molar-refractivity contribution in [1.29, 1.82) is 0 Å². The highest BCUT2D eigenvalue weighted by Gasteiger charge is 2.19. The van der Waals surface area contributed by atoms with Gasteiger partial charge in [-0.1, -0.05) is 36.4 Å². The molecule has 8 heteroatoms. The van der Waals surface area contributed by atoms with E-state index in [-0.39, 0.29) is 21.9 Å². The number of hydrogen-bond acceptors (Lipinski definition) is 5. The summed E-state index contributed by atoms with van der Waals surface area (Å²) in [6.45, 7) is 1.40. The van der Waals surface area contributed by atoms with Crippen molar-refractivity contribution in [2.24, 2.45) is 0 Å². The fourth-order valence-electron chi connectivity index (χ4n) is 2.78. The Bertz CT molecular complexity index is 1190. The lowest BCUT2D eigenvalue weighted by atomic mass is 10.1. The highest BCUT2D eigenvalue weighted by atomic mass is 32.2. The van der Waals surface area contributed by atoms with Crippen LogP contribution in [0.2, 0.25) is 0 Å².